The second kappa shape index (κ2) is 3.32. The van der Waals surface area contributed by atoms with Crippen LogP contribution in [0.5, 0.6) is 5.75 Å². The van der Waals surface area contributed by atoms with Gasteiger partial charge in [0.05, 0.1) is 6.20 Å². The number of rotatable bonds is 2. The zero-order valence-corrected chi connectivity index (χ0v) is 8.50. The molecule has 14 heavy (non-hydrogen) atoms. The summed E-state index contributed by atoms with van der Waals surface area (Å²) in [6.45, 7) is 5.63. The Balaban J connectivity index is 3.45. The van der Waals surface area contributed by atoms with Crippen LogP contribution in [0.25, 0.3) is 0 Å². The summed E-state index contributed by atoms with van der Waals surface area (Å²) in [6, 6.07) is 0. The Bertz CT molecular complexity index is 442. The molecular weight excluding hydrogens is 184 g/mol. The van der Waals surface area contributed by atoms with Crippen LogP contribution in [0.4, 0.5) is 0 Å². The highest BCUT2D eigenvalue weighted by atomic mass is 16.3. The van der Waals surface area contributed by atoms with E-state index in [0.717, 1.165) is 6.42 Å². The minimum absolute atomic E-state index is 0.418. The maximum Gasteiger partial charge on any atom is 0.329 e. The molecule has 78 valence electrons. The molecular formula is C9H14N2O3. The number of hydrogen-bond donors (Lipinski definition) is 2. The summed E-state index contributed by atoms with van der Waals surface area (Å²) >= 11 is 0. The highest BCUT2D eigenvalue weighted by molar-refractivity contribution is 5.10. The lowest BCUT2D eigenvalue weighted by atomic mass is 10.0. The smallest absolute Gasteiger partial charge is 0.329 e. The molecule has 0 saturated carbocycles. The second-order valence-electron chi connectivity index (χ2n) is 3.81. The standard InChI is InChI=1S/C9H14N2O3/c1-4-9(2,3)11-5-6(12)7(13)10-8(11)14/h5,12H,4H2,1-3H3,(H,10,13,14). The lowest BCUT2D eigenvalue weighted by molar-refractivity contribution is 0.317. The van der Waals surface area contributed by atoms with Crippen molar-refractivity contribution in [3.8, 4) is 5.75 Å². The van der Waals surface area contributed by atoms with E-state index in [4.69, 9.17) is 0 Å². The van der Waals surface area contributed by atoms with Gasteiger partial charge >= 0.3 is 5.69 Å². The van der Waals surface area contributed by atoms with Crippen molar-refractivity contribution >= 4 is 0 Å². The third-order valence-corrected chi connectivity index (χ3v) is 2.44. The summed E-state index contributed by atoms with van der Waals surface area (Å²) in [5.41, 5.74) is -1.67. The topological polar surface area (TPSA) is 75.1 Å². The van der Waals surface area contributed by atoms with Gasteiger partial charge in [-0.15, -0.1) is 0 Å². The molecule has 0 atom stereocenters. The van der Waals surface area contributed by atoms with Gasteiger partial charge < -0.3 is 5.11 Å². The first-order valence-corrected chi connectivity index (χ1v) is 4.44. The van der Waals surface area contributed by atoms with Crippen molar-refractivity contribution in [1.29, 1.82) is 0 Å². The number of aromatic amines is 1. The lowest BCUT2D eigenvalue weighted by Gasteiger charge is -2.25. The molecule has 0 saturated heterocycles. The first-order chi connectivity index (χ1) is 6.38. The molecule has 0 radical (unpaired) electrons. The summed E-state index contributed by atoms with van der Waals surface area (Å²) in [5, 5.41) is 9.18. The number of nitrogens with zero attached hydrogens (tertiary/aromatic N) is 1. The zero-order chi connectivity index (χ0) is 10.9. The fraction of sp³-hybridized carbons (Fsp3) is 0.556. The molecule has 0 aromatic carbocycles. The van der Waals surface area contributed by atoms with E-state index in [9.17, 15) is 14.7 Å². The van der Waals surface area contributed by atoms with Crippen molar-refractivity contribution in [3.63, 3.8) is 0 Å². The SMILES string of the molecule is CCC(C)(C)n1cc(O)c(=O)[nH]c1=O. The maximum atomic E-state index is 11.4. The van der Waals surface area contributed by atoms with Crippen molar-refractivity contribution < 1.29 is 5.11 Å². The minimum atomic E-state index is -0.752. The van der Waals surface area contributed by atoms with Crippen LogP contribution in [0.3, 0.4) is 0 Å². The highest BCUT2D eigenvalue weighted by Crippen LogP contribution is 2.16. The normalized spacial score (nSPS) is 11.6. The van der Waals surface area contributed by atoms with Crippen LogP contribution in [0.1, 0.15) is 27.2 Å². The molecule has 0 unspecified atom stereocenters. The summed E-state index contributed by atoms with van der Waals surface area (Å²) in [4.78, 5) is 24.3. The Kier molecular flexibility index (Phi) is 2.51. The lowest BCUT2D eigenvalue weighted by Crippen LogP contribution is -2.39. The Hall–Kier alpha value is -1.52. The number of aromatic hydroxyl groups is 1. The molecule has 0 spiro atoms. The van der Waals surface area contributed by atoms with Crippen LogP contribution < -0.4 is 11.2 Å². The van der Waals surface area contributed by atoms with Crippen molar-refractivity contribution in [1.82, 2.24) is 9.55 Å². The van der Waals surface area contributed by atoms with E-state index in [2.05, 4.69) is 0 Å². The molecule has 0 aliphatic heterocycles. The Morgan fingerprint density at radius 1 is 1.50 bits per heavy atom. The Labute approximate surface area is 81.0 Å². The van der Waals surface area contributed by atoms with Crippen molar-refractivity contribution in [3.05, 3.63) is 27.0 Å². The Morgan fingerprint density at radius 3 is 2.57 bits per heavy atom. The summed E-state index contributed by atoms with van der Waals surface area (Å²) in [7, 11) is 0. The monoisotopic (exact) mass is 198 g/mol. The van der Waals surface area contributed by atoms with Crippen LogP contribution in [-0.2, 0) is 5.54 Å². The summed E-state index contributed by atoms with van der Waals surface area (Å²) in [5.74, 6) is -0.439. The Morgan fingerprint density at radius 2 is 2.07 bits per heavy atom. The molecule has 1 aromatic rings. The molecule has 5 heteroatoms. The summed E-state index contributed by atoms with van der Waals surface area (Å²) < 4.78 is 1.32. The van der Waals surface area contributed by atoms with E-state index in [0.29, 0.717) is 0 Å². The number of nitrogens with one attached hydrogen (secondary N) is 1. The van der Waals surface area contributed by atoms with Gasteiger partial charge in [0.25, 0.3) is 5.56 Å². The van der Waals surface area contributed by atoms with Gasteiger partial charge in [0.15, 0.2) is 5.75 Å². The fourth-order valence-corrected chi connectivity index (χ4v) is 1.08. The number of aromatic nitrogens is 2. The van der Waals surface area contributed by atoms with Crippen molar-refractivity contribution in [2.45, 2.75) is 32.7 Å². The quantitative estimate of drug-likeness (QED) is 0.721. The first-order valence-electron chi connectivity index (χ1n) is 4.44. The number of hydrogen-bond acceptors (Lipinski definition) is 3. The molecule has 1 rings (SSSR count). The molecule has 0 bridgehead atoms. The van der Waals surface area contributed by atoms with E-state index < -0.39 is 22.5 Å². The maximum absolute atomic E-state index is 11.4. The van der Waals surface area contributed by atoms with Gasteiger partial charge in [0.1, 0.15) is 0 Å². The van der Waals surface area contributed by atoms with Crippen LogP contribution in [0.15, 0.2) is 15.8 Å². The second-order valence-corrected chi connectivity index (χ2v) is 3.81. The van der Waals surface area contributed by atoms with Gasteiger partial charge in [0.2, 0.25) is 0 Å². The van der Waals surface area contributed by atoms with Crippen molar-refractivity contribution in [2.75, 3.05) is 0 Å². The predicted molar refractivity (Wildman–Crippen MR) is 52.6 cm³/mol. The third-order valence-electron chi connectivity index (χ3n) is 2.44. The van der Waals surface area contributed by atoms with Gasteiger partial charge in [0, 0.05) is 5.54 Å². The first kappa shape index (κ1) is 10.6. The molecule has 0 aliphatic carbocycles. The molecule has 1 aromatic heterocycles. The average Bonchev–Trinajstić information content (AvgIpc) is 2.11. The average molecular weight is 198 g/mol. The summed E-state index contributed by atoms with van der Waals surface area (Å²) in [6.07, 6.45) is 1.89. The van der Waals surface area contributed by atoms with Crippen LogP contribution in [0, 0.1) is 0 Å². The molecule has 1 heterocycles. The highest BCUT2D eigenvalue weighted by Gasteiger charge is 2.19. The van der Waals surface area contributed by atoms with E-state index >= 15 is 0 Å². The van der Waals surface area contributed by atoms with Gasteiger partial charge in [-0.05, 0) is 20.3 Å². The van der Waals surface area contributed by atoms with Gasteiger partial charge in [-0.1, -0.05) is 6.92 Å². The predicted octanol–water partition coefficient (Wildman–Crippen LogP) is 0.387. The van der Waals surface area contributed by atoms with Gasteiger partial charge in [-0.25, -0.2) is 4.79 Å². The van der Waals surface area contributed by atoms with E-state index in [1.54, 1.807) is 0 Å². The molecule has 0 amide bonds. The zero-order valence-electron chi connectivity index (χ0n) is 8.50. The molecule has 0 fully saturated rings. The third kappa shape index (κ3) is 1.71. The van der Waals surface area contributed by atoms with Crippen LogP contribution >= 0.6 is 0 Å². The largest absolute Gasteiger partial charge is 0.502 e. The van der Waals surface area contributed by atoms with E-state index in [1.807, 2.05) is 25.8 Å². The van der Waals surface area contributed by atoms with E-state index in [1.165, 1.54) is 10.8 Å². The number of H-pyrrole nitrogens is 1. The molecule has 2 N–H and O–H groups in total. The molecule has 5 nitrogen and oxygen atoms in total. The fourth-order valence-electron chi connectivity index (χ4n) is 1.08. The van der Waals surface area contributed by atoms with Crippen LogP contribution in [-0.4, -0.2) is 14.7 Å². The van der Waals surface area contributed by atoms with Gasteiger partial charge in [-0.3, -0.25) is 14.3 Å². The van der Waals surface area contributed by atoms with Crippen LogP contribution in [0.2, 0.25) is 0 Å². The molecule has 0 aliphatic rings. The minimum Gasteiger partial charge on any atom is -0.502 e. The van der Waals surface area contributed by atoms with Crippen molar-refractivity contribution in [2.24, 2.45) is 0 Å². The van der Waals surface area contributed by atoms with Gasteiger partial charge in [-0.2, -0.15) is 0 Å². The van der Waals surface area contributed by atoms with E-state index in [-0.39, 0.29) is 0 Å².